The van der Waals surface area contributed by atoms with E-state index in [0.29, 0.717) is 10.9 Å². The van der Waals surface area contributed by atoms with E-state index in [9.17, 15) is 0 Å². The Bertz CT molecular complexity index is 544. The number of hydrogen-bond acceptors (Lipinski definition) is 1. The fourth-order valence-electron chi connectivity index (χ4n) is 2.53. The predicted molar refractivity (Wildman–Crippen MR) is 79.7 cm³/mol. The lowest BCUT2D eigenvalue weighted by atomic mass is 10.1. The molecule has 0 bridgehead atoms. The van der Waals surface area contributed by atoms with Gasteiger partial charge in [-0.2, -0.15) is 0 Å². The normalized spacial score (nSPS) is 16.3. The molecule has 0 atom stereocenters. The van der Waals surface area contributed by atoms with Gasteiger partial charge in [0.1, 0.15) is 17.3 Å². The fourth-order valence-corrected chi connectivity index (χ4v) is 4.86. The van der Waals surface area contributed by atoms with E-state index in [-0.39, 0.29) is 0 Å². The molecule has 0 amide bonds. The van der Waals surface area contributed by atoms with E-state index >= 15 is 0 Å². The molecule has 0 spiro atoms. The number of benzene rings is 2. The smallest absolute Gasteiger partial charge is 0.155 e. The van der Waals surface area contributed by atoms with Crippen molar-refractivity contribution < 1.29 is 4.74 Å². The minimum atomic E-state index is 0.513. The molecule has 1 aliphatic rings. The van der Waals surface area contributed by atoms with Crippen LogP contribution in [-0.4, -0.2) is 18.1 Å². The number of hydrogen-bond donors (Lipinski definition) is 0. The first kappa shape index (κ1) is 11.9. The minimum Gasteiger partial charge on any atom is -0.494 e. The summed E-state index contributed by atoms with van der Waals surface area (Å²) in [7, 11) is 0.513. The van der Waals surface area contributed by atoms with Crippen molar-refractivity contribution in [1.29, 1.82) is 0 Å². The number of ether oxygens (including phenoxy) is 1. The highest BCUT2D eigenvalue weighted by Crippen LogP contribution is 2.28. The van der Waals surface area contributed by atoms with Crippen LogP contribution in [0.5, 0.6) is 5.75 Å². The minimum absolute atomic E-state index is 0.513. The largest absolute Gasteiger partial charge is 0.494 e. The zero-order valence-electron chi connectivity index (χ0n) is 10.8. The summed E-state index contributed by atoms with van der Waals surface area (Å²) in [4.78, 5) is 1.55. The van der Waals surface area contributed by atoms with Crippen LogP contribution in [-0.2, 0) is 10.9 Å². The second kappa shape index (κ2) is 5.23. The molecule has 1 nitrogen and oxygen atoms in total. The van der Waals surface area contributed by atoms with Crippen molar-refractivity contribution >= 4 is 21.7 Å². The third-order valence-corrected chi connectivity index (χ3v) is 5.94. The van der Waals surface area contributed by atoms with Gasteiger partial charge in [-0.3, -0.25) is 0 Å². The Morgan fingerprint density at radius 2 is 1.72 bits per heavy atom. The van der Waals surface area contributed by atoms with Gasteiger partial charge in [0.05, 0.1) is 6.61 Å². The summed E-state index contributed by atoms with van der Waals surface area (Å²) in [5, 5.41) is 2.63. The maximum absolute atomic E-state index is 5.55. The summed E-state index contributed by atoms with van der Waals surface area (Å²) in [5.74, 6) is 3.76. The van der Waals surface area contributed by atoms with E-state index in [1.54, 1.807) is 4.90 Å². The molecule has 1 heterocycles. The zero-order chi connectivity index (χ0) is 12.4. The van der Waals surface area contributed by atoms with Gasteiger partial charge in [0.15, 0.2) is 4.90 Å². The molecular formula is C16H19OS+. The lowest BCUT2D eigenvalue weighted by Gasteiger charge is -2.06. The molecule has 0 aliphatic carbocycles. The van der Waals surface area contributed by atoms with E-state index in [1.165, 1.54) is 35.1 Å². The van der Waals surface area contributed by atoms with Gasteiger partial charge < -0.3 is 4.74 Å². The van der Waals surface area contributed by atoms with Crippen LogP contribution in [0.15, 0.2) is 41.3 Å². The topological polar surface area (TPSA) is 9.23 Å². The van der Waals surface area contributed by atoms with E-state index in [0.717, 1.165) is 12.4 Å². The molecule has 1 fully saturated rings. The van der Waals surface area contributed by atoms with Crippen LogP contribution < -0.4 is 4.74 Å². The highest BCUT2D eigenvalue weighted by molar-refractivity contribution is 7.97. The van der Waals surface area contributed by atoms with Gasteiger partial charge in [-0.1, -0.05) is 6.07 Å². The van der Waals surface area contributed by atoms with Crippen LogP contribution in [0.25, 0.3) is 10.8 Å². The third-order valence-electron chi connectivity index (χ3n) is 3.46. The van der Waals surface area contributed by atoms with E-state index in [2.05, 4.69) is 36.4 Å². The van der Waals surface area contributed by atoms with Crippen LogP contribution in [0.4, 0.5) is 0 Å². The molecule has 1 saturated heterocycles. The molecule has 0 aromatic heterocycles. The first-order valence-corrected chi connectivity index (χ1v) is 8.27. The molecule has 18 heavy (non-hydrogen) atoms. The van der Waals surface area contributed by atoms with Gasteiger partial charge in [0.25, 0.3) is 0 Å². The molecule has 0 radical (unpaired) electrons. The zero-order valence-corrected chi connectivity index (χ0v) is 11.6. The van der Waals surface area contributed by atoms with E-state index in [4.69, 9.17) is 4.74 Å². The van der Waals surface area contributed by atoms with Gasteiger partial charge in [-0.25, -0.2) is 0 Å². The maximum Gasteiger partial charge on any atom is 0.155 e. The van der Waals surface area contributed by atoms with Crippen LogP contribution in [0.3, 0.4) is 0 Å². The second-order valence-electron chi connectivity index (χ2n) is 4.71. The van der Waals surface area contributed by atoms with Crippen LogP contribution >= 0.6 is 0 Å². The fraction of sp³-hybridized carbons (Fsp3) is 0.375. The lowest BCUT2D eigenvalue weighted by Crippen LogP contribution is -2.03. The summed E-state index contributed by atoms with van der Waals surface area (Å²) in [6, 6.07) is 13.3. The van der Waals surface area contributed by atoms with Crippen molar-refractivity contribution in [3.63, 3.8) is 0 Å². The molecule has 94 valence electrons. The average molecular weight is 259 g/mol. The Labute approximate surface area is 112 Å². The molecule has 0 unspecified atom stereocenters. The van der Waals surface area contributed by atoms with E-state index < -0.39 is 0 Å². The maximum atomic E-state index is 5.55. The van der Waals surface area contributed by atoms with Crippen LogP contribution in [0.2, 0.25) is 0 Å². The molecule has 1 aliphatic heterocycles. The van der Waals surface area contributed by atoms with Gasteiger partial charge in [0.2, 0.25) is 0 Å². The Morgan fingerprint density at radius 1 is 1.00 bits per heavy atom. The van der Waals surface area contributed by atoms with Crippen LogP contribution in [0, 0.1) is 0 Å². The Balaban J connectivity index is 1.94. The molecular weight excluding hydrogens is 240 g/mol. The summed E-state index contributed by atoms with van der Waals surface area (Å²) < 4.78 is 5.55. The van der Waals surface area contributed by atoms with Crippen molar-refractivity contribution in [2.75, 3.05) is 18.1 Å². The molecule has 2 aromatic carbocycles. The van der Waals surface area contributed by atoms with Gasteiger partial charge >= 0.3 is 0 Å². The lowest BCUT2D eigenvalue weighted by molar-refractivity contribution is 0.341. The van der Waals surface area contributed by atoms with Gasteiger partial charge in [0, 0.05) is 17.0 Å². The highest BCUT2D eigenvalue weighted by Gasteiger charge is 2.26. The first-order valence-electron chi connectivity index (χ1n) is 6.71. The van der Waals surface area contributed by atoms with E-state index in [1.807, 2.05) is 6.92 Å². The van der Waals surface area contributed by atoms with Crippen molar-refractivity contribution in [2.24, 2.45) is 0 Å². The summed E-state index contributed by atoms with van der Waals surface area (Å²) in [6.45, 7) is 2.75. The van der Waals surface area contributed by atoms with Crippen molar-refractivity contribution in [3.05, 3.63) is 36.4 Å². The van der Waals surface area contributed by atoms with Gasteiger partial charge in [-0.05, 0) is 54.8 Å². The third kappa shape index (κ3) is 2.35. The van der Waals surface area contributed by atoms with Crippen molar-refractivity contribution in [2.45, 2.75) is 24.7 Å². The Morgan fingerprint density at radius 3 is 2.50 bits per heavy atom. The molecule has 2 aromatic rings. The summed E-state index contributed by atoms with van der Waals surface area (Å²) in [6.07, 6.45) is 2.81. The Hall–Kier alpha value is -1.15. The second-order valence-corrected chi connectivity index (χ2v) is 6.99. The van der Waals surface area contributed by atoms with Crippen molar-refractivity contribution in [1.82, 2.24) is 0 Å². The van der Waals surface area contributed by atoms with Gasteiger partial charge in [-0.15, -0.1) is 0 Å². The number of rotatable bonds is 3. The highest BCUT2D eigenvalue weighted by atomic mass is 32.2. The predicted octanol–water partition coefficient (Wildman–Crippen LogP) is 4.01. The van der Waals surface area contributed by atoms with Crippen LogP contribution in [0.1, 0.15) is 19.8 Å². The summed E-state index contributed by atoms with van der Waals surface area (Å²) in [5.41, 5.74) is 0. The standard InChI is InChI=1S/C16H19OS/c1-2-17-15-7-5-14-12-16(8-6-13(14)11-15)18-9-3-4-10-18/h5-8,11-12H,2-4,9-10H2,1H3/q+1. The first-order chi connectivity index (χ1) is 8.86. The quantitative estimate of drug-likeness (QED) is 0.757. The summed E-state index contributed by atoms with van der Waals surface area (Å²) >= 11 is 0. The molecule has 0 saturated carbocycles. The van der Waals surface area contributed by atoms with Crippen molar-refractivity contribution in [3.8, 4) is 5.75 Å². The molecule has 3 rings (SSSR count). The molecule has 2 heteroatoms. The SMILES string of the molecule is CCOc1ccc2cc([S+]3CCCC3)ccc2c1. The monoisotopic (exact) mass is 259 g/mol. The number of fused-ring (bicyclic) bond motifs is 1. The molecule has 0 N–H and O–H groups in total. The average Bonchev–Trinajstić information content (AvgIpc) is 2.92. The Kier molecular flexibility index (Phi) is 3.46.